The summed E-state index contributed by atoms with van der Waals surface area (Å²) < 4.78 is 0. The van der Waals surface area contributed by atoms with E-state index < -0.39 is 5.97 Å². The van der Waals surface area contributed by atoms with Crippen LogP contribution < -0.4 is 0 Å². The van der Waals surface area contributed by atoms with E-state index in [2.05, 4.69) is 13.8 Å². The lowest BCUT2D eigenvalue weighted by molar-refractivity contribution is -0.132. The molecule has 1 fully saturated rings. The maximum absolute atomic E-state index is 12.4. The van der Waals surface area contributed by atoms with Crippen molar-refractivity contribution in [3.05, 3.63) is 35.4 Å². The predicted molar refractivity (Wildman–Crippen MR) is 76.7 cm³/mol. The molecule has 108 valence electrons. The van der Waals surface area contributed by atoms with Gasteiger partial charge in [-0.2, -0.15) is 0 Å². The largest absolute Gasteiger partial charge is 0.478 e. The van der Waals surface area contributed by atoms with E-state index in [0.29, 0.717) is 12.0 Å². The van der Waals surface area contributed by atoms with E-state index in [4.69, 9.17) is 5.11 Å². The molecule has 1 aliphatic rings. The normalized spacial score (nSPS) is 18.6. The van der Waals surface area contributed by atoms with Crippen LogP contribution in [-0.4, -0.2) is 34.5 Å². The van der Waals surface area contributed by atoms with Crippen molar-refractivity contribution in [2.45, 2.75) is 39.2 Å². The highest BCUT2D eigenvalue weighted by Gasteiger charge is 2.30. The first-order valence-electron chi connectivity index (χ1n) is 7.10. The van der Waals surface area contributed by atoms with Gasteiger partial charge in [-0.25, -0.2) is 4.79 Å². The van der Waals surface area contributed by atoms with E-state index in [9.17, 15) is 9.59 Å². The third-order valence-electron chi connectivity index (χ3n) is 3.92. The molecular weight excluding hydrogens is 254 g/mol. The van der Waals surface area contributed by atoms with Gasteiger partial charge in [0.1, 0.15) is 0 Å². The first-order valence-corrected chi connectivity index (χ1v) is 7.10. The van der Waals surface area contributed by atoms with Crippen molar-refractivity contribution >= 4 is 11.9 Å². The maximum Gasteiger partial charge on any atom is 0.335 e. The third-order valence-corrected chi connectivity index (χ3v) is 3.92. The molecular formula is C16H21NO3. The minimum absolute atomic E-state index is 0.101. The molecule has 0 bridgehead atoms. The van der Waals surface area contributed by atoms with E-state index in [1.165, 1.54) is 0 Å². The number of hydrogen-bond acceptors (Lipinski definition) is 2. The average molecular weight is 275 g/mol. The van der Waals surface area contributed by atoms with Crippen LogP contribution in [0.3, 0.4) is 0 Å². The number of likely N-dealkylation sites (tertiary alicyclic amines) is 1. The summed E-state index contributed by atoms with van der Waals surface area (Å²) >= 11 is 0. The van der Waals surface area contributed by atoms with Crippen LogP contribution in [0.2, 0.25) is 0 Å². The predicted octanol–water partition coefficient (Wildman–Crippen LogP) is 2.57. The molecule has 1 atom stereocenters. The number of carbonyl (C=O) groups excluding carboxylic acids is 1. The second kappa shape index (κ2) is 6.07. The Bertz CT molecular complexity index is 510. The average Bonchev–Trinajstić information content (AvgIpc) is 2.88. The van der Waals surface area contributed by atoms with E-state index in [1.54, 1.807) is 18.2 Å². The van der Waals surface area contributed by atoms with Crippen LogP contribution in [0.1, 0.15) is 42.6 Å². The first-order chi connectivity index (χ1) is 9.49. The quantitative estimate of drug-likeness (QED) is 0.918. The van der Waals surface area contributed by atoms with Crippen LogP contribution in [0.4, 0.5) is 0 Å². The molecule has 1 aliphatic heterocycles. The van der Waals surface area contributed by atoms with Crippen molar-refractivity contribution in [2.75, 3.05) is 6.54 Å². The van der Waals surface area contributed by atoms with Gasteiger partial charge in [-0.1, -0.05) is 26.0 Å². The maximum atomic E-state index is 12.4. The van der Waals surface area contributed by atoms with Gasteiger partial charge in [-0.05, 0) is 36.5 Å². The number of carboxylic acids is 1. The fraction of sp³-hybridized carbons (Fsp3) is 0.500. The summed E-state index contributed by atoms with van der Waals surface area (Å²) in [4.78, 5) is 25.3. The molecule has 0 aliphatic carbocycles. The highest BCUT2D eigenvalue weighted by molar-refractivity contribution is 5.88. The van der Waals surface area contributed by atoms with Crippen molar-refractivity contribution in [2.24, 2.45) is 5.92 Å². The summed E-state index contributed by atoms with van der Waals surface area (Å²) in [5.74, 6) is -0.393. The van der Waals surface area contributed by atoms with E-state index in [-0.39, 0.29) is 17.9 Å². The molecule has 1 aromatic rings. The second-order valence-corrected chi connectivity index (χ2v) is 5.72. The molecule has 0 spiro atoms. The smallest absolute Gasteiger partial charge is 0.335 e. The molecule has 20 heavy (non-hydrogen) atoms. The molecule has 1 aromatic carbocycles. The number of carboxylic acid groups (broad SMARTS) is 1. The third kappa shape index (κ3) is 3.18. The molecule has 1 unspecified atom stereocenters. The Hall–Kier alpha value is -1.84. The Morgan fingerprint density at radius 1 is 1.40 bits per heavy atom. The Kier molecular flexibility index (Phi) is 4.42. The van der Waals surface area contributed by atoms with Crippen molar-refractivity contribution in [1.82, 2.24) is 4.90 Å². The SMILES string of the molecule is CC(C)C1CCCN1C(=O)Cc1cccc(C(=O)O)c1. The number of carbonyl (C=O) groups is 2. The highest BCUT2D eigenvalue weighted by atomic mass is 16.4. The summed E-state index contributed by atoms with van der Waals surface area (Å²) in [6, 6.07) is 6.95. The molecule has 4 nitrogen and oxygen atoms in total. The summed E-state index contributed by atoms with van der Waals surface area (Å²) in [6.45, 7) is 5.10. The Labute approximate surface area is 119 Å². The fourth-order valence-corrected chi connectivity index (χ4v) is 2.89. The zero-order valence-corrected chi connectivity index (χ0v) is 12.0. The summed E-state index contributed by atoms with van der Waals surface area (Å²) in [5.41, 5.74) is 1.00. The molecule has 1 N–H and O–H groups in total. The molecule has 1 saturated heterocycles. The van der Waals surface area contributed by atoms with Gasteiger partial charge in [-0.3, -0.25) is 4.79 Å². The molecule has 0 aromatic heterocycles. The lowest BCUT2D eigenvalue weighted by Gasteiger charge is -2.27. The minimum atomic E-state index is -0.958. The van der Waals surface area contributed by atoms with Crippen molar-refractivity contribution in [3.8, 4) is 0 Å². The molecule has 1 amide bonds. The molecule has 0 radical (unpaired) electrons. The van der Waals surface area contributed by atoms with Crippen LogP contribution in [0.5, 0.6) is 0 Å². The molecule has 1 heterocycles. The van der Waals surface area contributed by atoms with Gasteiger partial charge in [0, 0.05) is 12.6 Å². The number of benzene rings is 1. The number of nitrogens with zero attached hydrogens (tertiary/aromatic N) is 1. The van der Waals surface area contributed by atoms with Gasteiger partial charge in [0.15, 0.2) is 0 Å². The van der Waals surface area contributed by atoms with Gasteiger partial charge in [0.25, 0.3) is 0 Å². The standard InChI is InChI=1S/C16H21NO3/c1-11(2)14-7-4-8-17(14)15(18)10-12-5-3-6-13(9-12)16(19)20/h3,5-6,9,11,14H,4,7-8,10H2,1-2H3,(H,19,20). The van der Waals surface area contributed by atoms with E-state index in [1.807, 2.05) is 11.0 Å². The summed E-state index contributed by atoms with van der Waals surface area (Å²) in [5, 5.41) is 8.97. The number of amides is 1. The summed E-state index contributed by atoms with van der Waals surface area (Å²) in [7, 11) is 0. The fourth-order valence-electron chi connectivity index (χ4n) is 2.89. The van der Waals surface area contributed by atoms with Crippen LogP contribution in [-0.2, 0) is 11.2 Å². The van der Waals surface area contributed by atoms with Gasteiger partial charge in [-0.15, -0.1) is 0 Å². The number of aromatic carboxylic acids is 1. The zero-order valence-electron chi connectivity index (χ0n) is 12.0. The van der Waals surface area contributed by atoms with Crippen molar-refractivity contribution in [3.63, 3.8) is 0 Å². The summed E-state index contributed by atoms with van der Waals surface area (Å²) in [6.07, 6.45) is 2.41. The highest BCUT2D eigenvalue weighted by Crippen LogP contribution is 2.24. The van der Waals surface area contributed by atoms with Gasteiger partial charge < -0.3 is 10.0 Å². The molecule has 4 heteroatoms. The number of hydrogen-bond donors (Lipinski definition) is 1. The monoisotopic (exact) mass is 275 g/mol. The van der Waals surface area contributed by atoms with Crippen molar-refractivity contribution < 1.29 is 14.7 Å². The van der Waals surface area contributed by atoms with Crippen LogP contribution in [0, 0.1) is 5.92 Å². The van der Waals surface area contributed by atoms with Crippen LogP contribution in [0.15, 0.2) is 24.3 Å². The Morgan fingerprint density at radius 2 is 2.15 bits per heavy atom. The van der Waals surface area contributed by atoms with Crippen LogP contribution >= 0.6 is 0 Å². The number of rotatable bonds is 4. The molecule has 2 rings (SSSR count). The van der Waals surface area contributed by atoms with Crippen LogP contribution in [0.25, 0.3) is 0 Å². The van der Waals surface area contributed by atoms with Crippen molar-refractivity contribution in [1.29, 1.82) is 0 Å². The van der Waals surface area contributed by atoms with E-state index in [0.717, 1.165) is 24.9 Å². The Balaban J connectivity index is 2.08. The zero-order chi connectivity index (χ0) is 14.7. The lowest BCUT2D eigenvalue weighted by Crippen LogP contribution is -2.39. The lowest BCUT2D eigenvalue weighted by atomic mass is 10.0. The molecule has 0 saturated carbocycles. The Morgan fingerprint density at radius 3 is 2.80 bits per heavy atom. The van der Waals surface area contributed by atoms with Gasteiger partial charge in [0.2, 0.25) is 5.91 Å². The topological polar surface area (TPSA) is 57.6 Å². The minimum Gasteiger partial charge on any atom is -0.478 e. The first kappa shape index (κ1) is 14.6. The van der Waals surface area contributed by atoms with E-state index >= 15 is 0 Å². The van der Waals surface area contributed by atoms with Gasteiger partial charge >= 0.3 is 5.97 Å². The second-order valence-electron chi connectivity index (χ2n) is 5.72. The van der Waals surface area contributed by atoms with Gasteiger partial charge in [0.05, 0.1) is 12.0 Å².